The van der Waals surface area contributed by atoms with E-state index in [0.29, 0.717) is 0 Å². The van der Waals surface area contributed by atoms with Gasteiger partial charge in [0.2, 0.25) is 0 Å². The average Bonchev–Trinajstić information content (AvgIpc) is 2.69. The van der Waals surface area contributed by atoms with Gasteiger partial charge in [-0.2, -0.15) is 0 Å². The van der Waals surface area contributed by atoms with E-state index in [-0.39, 0.29) is 28.7 Å². The Labute approximate surface area is 95.4 Å². The zero-order valence-electron chi connectivity index (χ0n) is 7.61. The maximum Gasteiger partial charge on any atom is 0.260 e. The third kappa shape index (κ3) is 1.51. The summed E-state index contributed by atoms with van der Waals surface area (Å²) in [6.07, 6.45) is 0.998. The molecule has 2 nitrogen and oxygen atoms in total. The predicted molar refractivity (Wildman–Crippen MR) is 54.6 cm³/mol. The summed E-state index contributed by atoms with van der Waals surface area (Å²) in [4.78, 5) is 3.75. The first-order chi connectivity index (χ1) is 6.93. The Morgan fingerprint density at radius 2 is 2.07 bits per heavy atom. The number of hydrogen-bond acceptors (Lipinski definition) is 2. The second kappa shape index (κ2) is 3.27. The molecule has 2 rings (SSSR count). The topological polar surface area (TPSA) is 38.9 Å². The molecule has 1 fully saturated rings. The number of hydrogen-bond donors (Lipinski definition) is 1. The number of pyridine rings is 1. The van der Waals surface area contributed by atoms with E-state index in [9.17, 15) is 8.78 Å². The minimum absolute atomic E-state index is 0.150. The number of alkyl halides is 2. The fourth-order valence-corrected chi connectivity index (χ4v) is 2.26. The van der Waals surface area contributed by atoms with E-state index in [0.717, 1.165) is 0 Å². The Bertz CT molecular complexity index is 411. The van der Waals surface area contributed by atoms with Gasteiger partial charge in [-0.05, 0) is 6.07 Å². The highest BCUT2D eigenvalue weighted by atomic mass is 35.5. The number of nitrogens with two attached hydrogens (primary N) is 1. The second-order valence-corrected chi connectivity index (χ2v) is 4.45. The van der Waals surface area contributed by atoms with E-state index in [4.69, 9.17) is 28.9 Å². The van der Waals surface area contributed by atoms with Crippen LogP contribution in [-0.4, -0.2) is 17.5 Å². The summed E-state index contributed by atoms with van der Waals surface area (Å²) in [7, 11) is 0. The first kappa shape index (κ1) is 11.0. The maximum atomic E-state index is 13.2. The SMILES string of the molecule is NCC1(c2cnc(Cl)cc2Cl)CC1(F)F. The lowest BCUT2D eigenvalue weighted by atomic mass is 9.97. The van der Waals surface area contributed by atoms with Gasteiger partial charge in [-0.15, -0.1) is 0 Å². The lowest BCUT2D eigenvalue weighted by molar-refractivity contribution is 0.0895. The first-order valence-electron chi connectivity index (χ1n) is 4.32. The van der Waals surface area contributed by atoms with E-state index < -0.39 is 11.3 Å². The van der Waals surface area contributed by atoms with Crippen LogP contribution in [0.4, 0.5) is 8.78 Å². The summed E-state index contributed by atoms with van der Waals surface area (Å²) >= 11 is 11.4. The van der Waals surface area contributed by atoms with Crippen LogP contribution in [0.15, 0.2) is 12.3 Å². The van der Waals surface area contributed by atoms with Crippen LogP contribution in [0.25, 0.3) is 0 Å². The van der Waals surface area contributed by atoms with Crippen molar-refractivity contribution in [1.29, 1.82) is 0 Å². The van der Waals surface area contributed by atoms with E-state index in [1.807, 2.05) is 0 Å². The van der Waals surface area contributed by atoms with E-state index >= 15 is 0 Å². The van der Waals surface area contributed by atoms with Crippen molar-refractivity contribution in [2.45, 2.75) is 17.8 Å². The molecule has 0 amide bonds. The first-order valence-corrected chi connectivity index (χ1v) is 5.08. The molecule has 0 aromatic carbocycles. The van der Waals surface area contributed by atoms with Crippen LogP contribution in [0, 0.1) is 0 Å². The highest BCUT2D eigenvalue weighted by molar-refractivity contribution is 6.34. The molecule has 82 valence electrons. The molecule has 2 N–H and O–H groups in total. The molecule has 1 heterocycles. The normalized spacial score (nSPS) is 27.8. The Morgan fingerprint density at radius 1 is 1.47 bits per heavy atom. The lowest BCUT2D eigenvalue weighted by Gasteiger charge is -2.15. The molecule has 1 aliphatic rings. The minimum atomic E-state index is -2.79. The molecule has 0 bridgehead atoms. The number of aromatic nitrogens is 1. The van der Waals surface area contributed by atoms with Gasteiger partial charge in [0.1, 0.15) is 5.15 Å². The average molecular weight is 253 g/mol. The number of rotatable bonds is 2. The minimum Gasteiger partial charge on any atom is -0.329 e. The van der Waals surface area contributed by atoms with Crippen LogP contribution in [0.5, 0.6) is 0 Å². The van der Waals surface area contributed by atoms with Crippen molar-refractivity contribution in [2.75, 3.05) is 6.54 Å². The summed E-state index contributed by atoms with van der Waals surface area (Å²) in [6.45, 7) is -0.150. The lowest BCUT2D eigenvalue weighted by Crippen LogP contribution is -2.27. The summed E-state index contributed by atoms with van der Waals surface area (Å²) in [6, 6.07) is 1.35. The van der Waals surface area contributed by atoms with Gasteiger partial charge < -0.3 is 5.73 Å². The van der Waals surface area contributed by atoms with Crippen molar-refractivity contribution in [1.82, 2.24) is 4.98 Å². The Hall–Kier alpha value is -0.450. The van der Waals surface area contributed by atoms with Gasteiger partial charge in [0.05, 0.1) is 5.41 Å². The molecule has 1 aromatic rings. The van der Waals surface area contributed by atoms with Crippen molar-refractivity contribution >= 4 is 23.2 Å². The van der Waals surface area contributed by atoms with Crippen molar-refractivity contribution in [3.63, 3.8) is 0 Å². The summed E-state index contributed by atoms with van der Waals surface area (Å²) in [5, 5.41) is 0.373. The molecule has 1 aromatic heterocycles. The van der Waals surface area contributed by atoms with Crippen LogP contribution in [0.1, 0.15) is 12.0 Å². The fourth-order valence-electron chi connectivity index (χ4n) is 1.72. The van der Waals surface area contributed by atoms with Gasteiger partial charge in [-0.25, -0.2) is 13.8 Å². The van der Waals surface area contributed by atoms with Gasteiger partial charge in [-0.3, -0.25) is 0 Å². The standard InChI is InChI=1S/C9H8Cl2F2N2/c10-6-1-7(11)15-2-5(6)8(4-14)3-9(8,12)13/h1-2H,3-4,14H2. The van der Waals surface area contributed by atoms with Gasteiger partial charge in [0.25, 0.3) is 5.92 Å². The van der Waals surface area contributed by atoms with Gasteiger partial charge in [-0.1, -0.05) is 23.2 Å². The molecule has 15 heavy (non-hydrogen) atoms. The number of nitrogens with zero attached hydrogens (tertiary/aromatic N) is 1. The third-order valence-corrected chi connectivity index (χ3v) is 3.30. The van der Waals surface area contributed by atoms with Crippen LogP contribution in [-0.2, 0) is 5.41 Å². The monoisotopic (exact) mass is 252 g/mol. The highest BCUT2D eigenvalue weighted by Crippen LogP contribution is 2.62. The Kier molecular flexibility index (Phi) is 2.41. The summed E-state index contributed by atoms with van der Waals surface area (Å²) in [5.41, 5.74) is 4.32. The zero-order chi connectivity index (χ0) is 11.3. The molecular weight excluding hydrogens is 245 g/mol. The van der Waals surface area contributed by atoms with Crippen LogP contribution in [0.2, 0.25) is 10.2 Å². The van der Waals surface area contributed by atoms with Crippen molar-refractivity contribution in [3.8, 4) is 0 Å². The summed E-state index contributed by atoms with van der Waals surface area (Å²) < 4.78 is 26.4. The van der Waals surface area contributed by atoms with Crippen LogP contribution < -0.4 is 5.73 Å². The molecule has 1 unspecified atom stereocenters. The van der Waals surface area contributed by atoms with Crippen molar-refractivity contribution in [3.05, 3.63) is 28.0 Å². The zero-order valence-corrected chi connectivity index (χ0v) is 9.12. The molecule has 1 aliphatic carbocycles. The smallest absolute Gasteiger partial charge is 0.260 e. The highest BCUT2D eigenvalue weighted by Gasteiger charge is 2.71. The van der Waals surface area contributed by atoms with Gasteiger partial charge in [0, 0.05) is 29.7 Å². The fraction of sp³-hybridized carbons (Fsp3) is 0.444. The van der Waals surface area contributed by atoms with Gasteiger partial charge >= 0.3 is 0 Å². The molecular formula is C9H8Cl2F2N2. The maximum absolute atomic E-state index is 13.2. The largest absolute Gasteiger partial charge is 0.329 e. The molecule has 0 radical (unpaired) electrons. The number of halogens is 4. The van der Waals surface area contributed by atoms with Crippen molar-refractivity contribution < 1.29 is 8.78 Å². The van der Waals surface area contributed by atoms with E-state index in [2.05, 4.69) is 4.98 Å². The van der Waals surface area contributed by atoms with Gasteiger partial charge in [0.15, 0.2) is 0 Å². The van der Waals surface area contributed by atoms with Crippen LogP contribution in [0.3, 0.4) is 0 Å². The Morgan fingerprint density at radius 3 is 2.47 bits per heavy atom. The molecule has 0 spiro atoms. The molecule has 0 aliphatic heterocycles. The third-order valence-electron chi connectivity index (χ3n) is 2.78. The van der Waals surface area contributed by atoms with E-state index in [1.54, 1.807) is 0 Å². The summed E-state index contributed by atoms with van der Waals surface area (Å²) in [5.74, 6) is -2.79. The van der Waals surface area contributed by atoms with Crippen LogP contribution >= 0.6 is 23.2 Å². The quantitative estimate of drug-likeness (QED) is 0.823. The Balaban J connectivity index is 2.46. The molecule has 1 saturated carbocycles. The predicted octanol–water partition coefficient (Wildman–Crippen LogP) is 2.62. The molecule has 1 atom stereocenters. The van der Waals surface area contributed by atoms with E-state index in [1.165, 1.54) is 12.3 Å². The second-order valence-electron chi connectivity index (χ2n) is 3.65. The molecule has 6 heteroatoms. The van der Waals surface area contributed by atoms with Crippen molar-refractivity contribution in [2.24, 2.45) is 5.73 Å². The molecule has 0 saturated heterocycles.